The Morgan fingerprint density at radius 1 is 0.308 bits per heavy atom. The van der Waals surface area contributed by atoms with Crippen LogP contribution in [0.1, 0.15) is 25.0 Å². The van der Waals surface area contributed by atoms with Crippen LogP contribution in [0, 0.1) is 0 Å². The van der Waals surface area contributed by atoms with Crippen molar-refractivity contribution in [2.24, 2.45) is 0 Å². The van der Waals surface area contributed by atoms with E-state index in [1.165, 1.54) is 98.1 Å². The Morgan fingerprint density at radius 3 is 1.51 bits per heavy atom. The molecule has 10 aromatic carbocycles. The van der Waals surface area contributed by atoms with E-state index >= 15 is 0 Å². The highest BCUT2D eigenvalue weighted by molar-refractivity contribution is 7.25. The van der Waals surface area contributed by atoms with E-state index in [0.29, 0.717) is 0 Å². The molecule has 0 unspecified atom stereocenters. The summed E-state index contributed by atoms with van der Waals surface area (Å²) < 4.78 is 2.64. The zero-order chi connectivity index (χ0) is 43.5. The van der Waals surface area contributed by atoms with Crippen molar-refractivity contribution in [2.45, 2.75) is 19.3 Å². The van der Waals surface area contributed by atoms with Crippen LogP contribution in [-0.4, -0.2) is 0 Å². The molecule has 1 nitrogen and oxygen atoms in total. The predicted molar refractivity (Wildman–Crippen MR) is 279 cm³/mol. The van der Waals surface area contributed by atoms with E-state index in [1.54, 1.807) is 0 Å². The first-order valence-corrected chi connectivity index (χ1v) is 23.3. The third-order valence-electron chi connectivity index (χ3n) is 13.5. The van der Waals surface area contributed by atoms with E-state index in [1.807, 2.05) is 11.3 Å². The van der Waals surface area contributed by atoms with Crippen LogP contribution in [0.4, 0.5) is 17.1 Å². The van der Waals surface area contributed by atoms with Gasteiger partial charge in [0.05, 0.1) is 5.69 Å². The first-order chi connectivity index (χ1) is 32.0. The van der Waals surface area contributed by atoms with Crippen molar-refractivity contribution in [2.75, 3.05) is 4.90 Å². The second-order valence-corrected chi connectivity index (χ2v) is 18.8. The molecule has 11 aromatic rings. The molecule has 0 amide bonds. The predicted octanol–water partition coefficient (Wildman–Crippen LogP) is 18.2. The van der Waals surface area contributed by atoms with Gasteiger partial charge in [0.2, 0.25) is 0 Å². The van der Waals surface area contributed by atoms with E-state index in [9.17, 15) is 0 Å². The van der Waals surface area contributed by atoms with Gasteiger partial charge in [-0.3, -0.25) is 0 Å². The van der Waals surface area contributed by atoms with Crippen LogP contribution in [0.2, 0.25) is 0 Å². The van der Waals surface area contributed by atoms with Gasteiger partial charge in [0, 0.05) is 42.5 Å². The highest BCUT2D eigenvalue weighted by atomic mass is 32.1. The minimum absolute atomic E-state index is 0.223. The zero-order valence-corrected chi connectivity index (χ0v) is 37.2. The number of nitrogens with zero attached hydrogens (tertiary/aromatic N) is 1. The highest BCUT2D eigenvalue weighted by Crippen LogP contribution is 2.52. The van der Waals surface area contributed by atoms with Gasteiger partial charge >= 0.3 is 0 Å². The molecule has 0 spiro atoms. The average Bonchev–Trinajstić information content (AvgIpc) is 3.85. The maximum atomic E-state index is 2.47. The van der Waals surface area contributed by atoms with Gasteiger partial charge in [-0.2, -0.15) is 0 Å². The molecule has 0 radical (unpaired) electrons. The lowest BCUT2D eigenvalue weighted by molar-refractivity contribution is 0.660. The summed E-state index contributed by atoms with van der Waals surface area (Å²) in [5.74, 6) is 0. The van der Waals surface area contributed by atoms with Gasteiger partial charge in [-0.15, -0.1) is 11.3 Å². The fraction of sp³-hybridized carbons (Fsp3) is 0.0476. The number of benzene rings is 10. The number of para-hydroxylation sites is 1. The number of hydrogen-bond donors (Lipinski definition) is 0. The molecule has 0 fully saturated rings. The number of rotatable bonds is 8. The van der Waals surface area contributed by atoms with Gasteiger partial charge in [-0.25, -0.2) is 0 Å². The van der Waals surface area contributed by atoms with Crippen molar-refractivity contribution < 1.29 is 0 Å². The molecule has 0 bridgehead atoms. The van der Waals surface area contributed by atoms with Gasteiger partial charge in [-0.05, 0) is 127 Å². The van der Waals surface area contributed by atoms with Crippen LogP contribution < -0.4 is 4.90 Å². The SMILES string of the molecule is CC1(C)c2cc(-c3ccc(-c4ccccc4)cc3)ccc2-c2ccc(N(c3cccc(-c4ccc5sc6ccccc6c5c4)c3)c3ccccc3-c3ccc(-c4ccccc4)cc3)cc21. The summed E-state index contributed by atoms with van der Waals surface area (Å²) in [5, 5.41) is 2.62. The van der Waals surface area contributed by atoms with Crippen LogP contribution in [0.15, 0.2) is 237 Å². The van der Waals surface area contributed by atoms with Gasteiger partial charge < -0.3 is 4.90 Å². The number of hydrogen-bond acceptors (Lipinski definition) is 2. The van der Waals surface area contributed by atoms with Crippen molar-refractivity contribution in [3.8, 4) is 66.8 Å². The summed E-state index contributed by atoms with van der Waals surface area (Å²) in [7, 11) is 0. The topological polar surface area (TPSA) is 3.24 Å². The summed E-state index contributed by atoms with van der Waals surface area (Å²) in [4.78, 5) is 2.47. The number of thiophene rings is 1. The molecule has 0 saturated carbocycles. The summed E-state index contributed by atoms with van der Waals surface area (Å²) >= 11 is 1.86. The monoisotopic (exact) mass is 847 g/mol. The van der Waals surface area contributed by atoms with Crippen molar-refractivity contribution in [1.29, 1.82) is 0 Å². The second kappa shape index (κ2) is 15.8. The Morgan fingerprint density at radius 2 is 0.785 bits per heavy atom. The van der Waals surface area contributed by atoms with Gasteiger partial charge in [0.1, 0.15) is 0 Å². The molecule has 0 saturated heterocycles. The minimum atomic E-state index is -0.223. The molecule has 12 rings (SSSR count). The first-order valence-electron chi connectivity index (χ1n) is 22.5. The molecule has 0 atom stereocenters. The lowest BCUT2D eigenvalue weighted by Gasteiger charge is -2.30. The van der Waals surface area contributed by atoms with Gasteiger partial charge in [-0.1, -0.05) is 196 Å². The number of anilines is 3. The van der Waals surface area contributed by atoms with Crippen molar-refractivity contribution in [3.05, 3.63) is 248 Å². The van der Waals surface area contributed by atoms with Crippen LogP contribution >= 0.6 is 11.3 Å². The molecule has 2 heteroatoms. The fourth-order valence-corrected chi connectivity index (χ4v) is 11.2. The molecular formula is C63H45NS. The van der Waals surface area contributed by atoms with E-state index in [0.717, 1.165) is 17.1 Å². The molecule has 0 aliphatic heterocycles. The molecule has 308 valence electrons. The van der Waals surface area contributed by atoms with Crippen LogP contribution in [-0.2, 0) is 5.41 Å². The molecule has 0 N–H and O–H groups in total. The Kier molecular flexibility index (Phi) is 9.44. The smallest absolute Gasteiger partial charge is 0.0540 e. The van der Waals surface area contributed by atoms with Crippen LogP contribution in [0.3, 0.4) is 0 Å². The van der Waals surface area contributed by atoms with Crippen LogP contribution in [0.5, 0.6) is 0 Å². The Labute approximate surface area is 385 Å². The third-order valence-corrected chi connectivity index (χ3v) is 14.7. The highest BCUT2D eigenvalue weighted by Gasteiger charge is 2.36. The summed E-state index contributed by atoms with van der Waals surface area (Å²) in [6.45, 7) is 4.78. The molecule has 1 aromatic heterocycles. The lowest BCUT2D eigenvalue weighted by atomic mass is 9.81. The first kappa shape index (κ1) is 38.9. The Hall–Kier alpha value is -7.78. The Balaban J connectivity index is 0.968. The maximum Gasteiger partial charge on any atom is 0.0540 e. The molecule has 1 aliphatic rings. The number of fused-ring (bicyclic) bond motifs is 6. The lowest BCUT2D eigenvalue weighted by Crippen LogP contribution is -2.17. The summed E-state index contributed by atoms with van der Waals surface area (Å²) in [6, 6.07) is 87.1. The van der Waals surface area contributed by atoms with Crippen molar-refractivity contribution in [1.82, 2.24) is 0 Å². The maximum absolute atomic E-state index is 2.47. The second-order valence-electron chi connectivity index (χ2n) is 17.7. The van der Waals surface area contributed by atoms with Gasteiger partial charge in [0.25, 0.3) is 0 Å². The van der Waals surface area contributed by atoms with Crippen molar-refractivity contribution >= 4 is 48.6 Å². The summed E-state index contributed by atoms with van der Waals surface area (Å²) in [5.41, 5.74) is 20.6. The van der Waals surface area contributed by atoms with Crippen LogP contribution in [0.25, 0.3) is 86.9 Å². The van der Waals surface area contributed by atoms with E-state index in [4.69, 9.17) is 0 Å². The molecule has 1 aliphatic carbocycles. The van der Waals surface area contributed by atoms with E-state index in [-0.39, 0.29) is 5.41 Å². The fourth-order valence-electron chi connectivity index (χ4n) is 10.1. The normalized spacial score (nSPS) is 12.6. The molecular weight excluding hydrogens is 803 g/mol. The van der Waals surface area contributed by atoms with E-state index < -0.39 is 0 Å². The Bertz CT molecular complexity index is 3540. The van der Waals surface area contributed by atoms with Crippen molar-refractivity contribution in [3.63, 3.8) is 0 Å². The zero-order valence-electron chi connectivity index (χ0n) is 36.4. The van der Waals surface area contributed by atoms with E-state index in [2.05, 4.69) is 255 Å². The quantitative estimate of drug-likeness (QED) is 0.147. The average molecular weight is 848 g/mol. The standard InChI is InChI=1S/C63H45NS/c1-63(2)58-40-50(46-26-24-44(25-27-46)42-14-5-3-6-15-42)32-35-54(58)55-36-34-52(41-59(55)63)64(60-22-11-9-20-53(60)47-30-28-45(29-31-47)43-16-7-4-8-17-43)51-19-13-18-48(38-51)49-33-37-62-57(39-49)56-21-10-12-23-61(56)65-62/h3-41H,1-2H3. The molecule has 65 heavy (non-hydrogen) atoms. The van der Waals surface area contributed by atoms with Gasteiger partial charge in [0.15, 0.2) is 0 Å². The third kappa shape index (κ3) is 6.86. The largest absolute Gasteiger partial charge is 0.310 e. The molecule has 1 heterocycles. The minimum Gasteiger partial charge on any atom is -0.310 e. The summed E-state index contributed by atoms with van der Waals surface area (Å²) in [6.07, 6.45) is 0.